The summed E-state index contributed by atoms with van der Waals surface area (Å²) < 4.78 is 4.77. The van der Waals surface area contributed by atoms with Gasteiger partial charge in [-0.05, 0) is 66.3 Å². The van der Waals surface area contributed by atoms with Gasteiger partial charge in [0.05, 0.1) is 24.3 Å². The molecule has 0 radical (unpaired) electrons. The molecule has 3 aromatic carbocycles. The van der Waals surface area contributed by atoms with E-state index in [2.05, 4.69) is 20.8 Å². The molecule has 1 N–H and O–H groups in total. The fraction of sp³-hybridized carbons (Fsp3) is 0.258. The number of hydrogen-bond acceptors (Lipinski definition) is 5. The number of rotatable bonds is 4. The molecule has 37 heavy (non-hydrogen) atoms. The van der Waals surface area contributed by atoms with Crippen LogP contribution in [0.1, 0.15) is 65.0 Å². The third-order valence-corrected chi connectivity index (χ3v) is 6.75. The van der Waals surface area contributed by atoms with Crippen LogP contribution in [0.3, 0.4) is 0 Å². The van der Waals surface area contributed by atoms with Gasteiger partial charge in [0.15, 0.2) is 0 Å². The quantitative estimate of drug-likeness (QED) is 0.206. The van der Waals surface area contributed by atoms with E-state index in [1.165, 1.54) is 12.0 Å². The highest BCUT2D eigenvalue weighted by Crippen LogP contribution is 2.43. The number of aryl methyl sites for hydroxylation is 2. The molecule has 1 aliphatic rings. The third-order valence-electron chi connectivity index (χ3n) is 6.75. The van der Waals surface area contributed by atoms with Crippen LogP contribution < -0.4 is 4.90 Å². The number of carbonyl (C=O) groups is 3. The standard InChI is InChI=1S/C31H31NO5/c1-18-7-8-19(2)24(17-18)27(33)25-26(20-9-13-22(14-10-20)31(3,4)5)32(29(35)28(25)34)23-15-11-21(12-16-23)30(36)37-6/h7-17,26,33H,1-6H3/b27-25+. The van der Waals surface area contributed by atoms with Crippen LogP contribution in [0.4, 0.5) is 5.69 Å². The molecule has 1 unspecified atom stereocenters. The summed E-state index contributed by atoms with van der Waals surface area (Å²) in [7, 11) is 1.29. The Balaban J connectivity index is 1.93. The SMILES string of the molecule is COC(=O)c1ccc(N2C(=O)C(=O)/C(=C(/O)c3cc(C)ccc3C)C2c2ccc(C(C)(C)C)cc2)cc1. The first-order chi connectivity index (χ1) is 17.4. The monoisotopic (exact) mass is 497 g/mol. The minimum Gasteiger partial charge on any atom is -0.507 e. The van der Waals surface area contributed by atoms with Crippen LogP contribution in [-0.2, 0) is 19.7 Å². The Bertz CT molecular complexity index is 1410. The van der Waals surface area contributed by atoms with Crippen LogP contribution in [0.25, 0.3) is 5.76 Å². The summed E-state index contributed by atoms with van der Waals surface area (Å²) >= 11 is 0. The first-order valence-electron chi connectivity index (χ1n) is 12.1. The molecule has 0 spiro atoms. The highest BCUT2D eigenvalue weighted by Gasteiger charge is 2.47. The van der Waals surface area contributed by atoms with Gasteiger partial charge in [0, 0.05) is 11.3 Å². The number of esters is 1. The van der Waals surface area contributed by atoms with Gasteiger partial charge in [0.1, 0.15) is 5.76 Å². The van der Waals surface area contributed by atoms with Crippen molar-refractivity contribution in [2.45, 2.75) is 46.1 Å². The van der Waals surface area contributed by atoms with Crippen molar-refractivity contribution in [3.05, 3.63) is 106 Å². The van der Waals surface area contributed by atoms with Crippen LogP contribution >= 0.6 is 0 Å². The number of aliphatic hydroxyl groups is 1. The Kier molecular flexibility index (Phi) is 6.78. The Labute approximate surface area is 217 Å². The van der Waals surface area contributed by atoms with Gasteiger partial charge in [-0.3, -0.25) is 14.5 Å². The topological polar surface area (TPSA) is 83.9 Å². The van der Waals surface area contributed by atoms with Crippen molar-refractivity contribution in [2.24, 2.45) is 0 Å². The Hall–Kier alpha value is -4.19. The Morgan fingerprint density at radius 3 is 2.11 bits per heavy atom. The second-order valence-electron chi connectivity index (χ2n) is 10.4. The minimum absolute atomic E-state index is 0.0271. The Morgan fingerprint density at radius 1 is 0.919 bits per heavy atom. The lowest BCUT2D eigenvalue weighted by Gasteiger charge is -2.27. The van der Waals surface area contributed by atoms with Gasteiger partial charge >= 0.3 is 5.97 Å². The highest BCUT2D eigenvalue weighted by molar-refractivity contribution is 6.51. The van der Waals surface area contributed by atoms with Crippen LogP contribution in [-0.4, -0.2) is 29.9 Å². The van der Waals surface area contributed by atoms with Gasteiger partial charge < -0.3 is 9.84 Å². The van der Waals surface area contributed by atoms with E-state index in [0.717, 1.165) is 16.7 Å². The van der Waals surface area contributed by atoms with Crippen molar-refractivity contribution in [2.75, 3.05) is 12.0 Å². The van der Waals surface area contributed by atoms with Gasteiger partial charge in [0.25, 0.3) is 11.7 Å². The van der Waals surface area contributed by atoms with Crippen molar-refractivity contribution in [3.63, 3.8) is 0 Å². The molecule has 0 saturated carbocycles. The Morgan fingerprint density at radius 2 is 1.54 bits per heavy atom. The van der Waals surface area contributed by atoms with E-state index in [1.807, 2.05) is 56.3 Å². The maximum Gasteiger partial charge on any atom is 0.337 e. The molecule has 3 aromatic rings. The molecule has 1 amide bonds. The lowest BCUT2D eigenvalue weighted by molar-refractivity contribution is -0.132. The average Bonchev–Trinajstić information content (AvgIpc) is 3.14. The van der Waals surface area contributed by atoms with Gasteiger partial charge in [-0.25, -0.2) is 4.79 Å². The summed E-state index contributed by atoms with van der Waals surface area (Å²) in [5.74, 6) is -2.22. The molecule has 1 fully saturated rings. The maximum atomic E-state index is 13.4. The van der Waals surface area contributed by atoms with Crippen LogP contribution in [0.2, 0.25) is 0 Å². The van der Waals surface area contributed by atoms with Gasteiger partial charge in [0.2, 0.25) is 0 Å². The van der Waals surface area contributed by atoms with E-state index in [4.69, 9.17) is 4.74 Å². The van der Waals surface area contributed by atoms with Crippen molar-refractivity contribution in [1.29, 1.82) is 0 Å². The predicted molar refractivity (Wildman–Crippen MR) is 144 cm³/mol. The van der Waals surface area contributed by atoms with Crippen molar-refractivity contribution in [3.8, 4) is 0 Å². The first-order valence-corrected chi connectivity index (χ1v) is 12.1. The molecule has 6 nitrogen and oxygen atoms in total. The van der Waals surface area contributed by atoms with Gasteiger partial charge in [-0.2, -0.15) is 0 Å². The molecule has 0 bridgehead atoms. The van der Waals surface area contributed by atoms with E-state index in [9.17, 15) is 19.5 Å². The number of carbonyl (C=O) groups excluding carboxylic acids is 3. The second kappa shape index (κ2) is 9.69. The minimum atomic E-state index is -0.849. The second-order valence-corrected chi connectivity index (χ2v) is 10.4. The molecule has 6 heteroatoms. The number of hydrogen-bond donors (Lipinski definition) is 1. The van der Waals surface area contributed by atoms with Crippen LogP contribution in [0.15, 0.2) is 72.3 Å². The van der Waals surface area contributed by atoms with E-state index in [0.29, 0.717) is 22.4 Å². The number of nitrogens with zero attached hydrogens (tertiary/aromatic N) is 1. The summed E-state index contributed by atoms with van der Waals surface area (Å²) in [6.07, 6.45) is 0. The molecular weight excluding hydrogens is 466 g/mol. The molecule has 1 heterocycles. The maximum absolute atomic E-state index is 13.4. The molecule has 1 saturated heterocycles. The predicted octanol–water partition coefficient (Wildman–Crippen LogP) is 6.01. The summed E-state index contributed by atoms with van der Waals surface area (Å²) in [5, 5.41) is 11.5. The summed E-state index contributed by atoms with van der Waals surface area (Å²) in [6, 6.07) is 18.8. The summed E-state index contributed by atoms with van der Waals surface area (Å²) in [5.41, 5.74) is 4.71. The zero-order chi connectivity index (χ0) is 27.1. The zero-order valence-corrected chi connectivity index (χ0v) is 22.0. The fourth-order valence-corrected chi connectivity index (χ4v) is 4.59. The van der Waals surface area contributed by atoms with Crippen LogP contribution in [0, 0.1) is 13.8 Å². The van der Waals surface area contributed by atoms with E-state index in [-0.39, 0.29) is 16.7 Å². The first kappa shape index (κ1) is 25.9. The number of Topliss-reactive ketones (excluding diaryl/α,β-unsaturated/α-hetero) is 1. The lowest BCUT2D eigenvalue weighted by Crippen LogP contribution is -2.29. The fourth-order valence-electron chi connectivity index (χ4n) is 4.59. The molecule has 0 aliphatic carbocycles. The average molecular weight is 498 g/mol. The largest absolute Gasteiger partial charge is 0.507 e. The number of ether oxygens (including phenoxy) is 1. The van der Waals surface area contributed by atoms with Gasteiger partial charge in [-0.1, -0.05) is 62.7 Å². The van der Waals surface area contributed by atoms with E-state index < -0.39 is 23.7 Å². The summed E-state index contributed by atoms with van der Waals surface area (Å²) in [6.45, 7) is 10.1. The molecule has 1 aliphatic heterocycles. The van der Waals surface area contributed by atoms with Gasteiger partial charge in [-0.15, -0.1) is 0 Å². The highest BCUT2D eigenvalue weighted by atomic mass is 16.5. The van der Waals surface area contributed by atoms with Crippen molar-refractivity contribution < 1.29 is 24.2 Å². The number of aliphatic hydroxyl groups excluding tert-OH is 1. The number of ketones is 1. The number of amides is 1. The number of anilines is 1. The van der Waals surface area contributed by atoms with Crippen LogP contribution in [0.5, 0.6) is 0 Å². The smallest absolute Gasteiger partial charge is 0.337 e. The molecule has 1 atom stereocenters. The number of methoxy groups -OCH3 is 1. The molecule has 0 aromatic heterocycles. The number of benzene rings is 3. The normalized spacial score (nSPS) is 17.2. The molecular formula is C31H31NO5. The lowest BCUT2D eigenvalue weighted by atomic mass is 9.85. The van der Waals surface area contributed by atoms with Crippen molar-refractivity contribution in [1.82, 2.24) is 0 Å². The molecule has 4 rings (SSSR count). The third kappa shape index (κ3) is 4.79. The van der Waals surface area contributed by atoms with Crippen molar-refractivity contribution >= 4 is 29.1 Å². The van der Waals surface area contributed by atoms with E-state index >= 15 is 0 Å². The zero-order valence-electron chi connectivity index (χ0n) is 22.0. The summed E-state index contributed by atoms with van der Waals surface area (Å²) in [4.78, 5) is 40.2. The van der Waals surface area contributed by atoms with E-state index in [1.54, 1.807) is 24.3 Å². The molecule has 190 valence electrons.